The normalized spacial score (nSPS) is 10.6. The van der Waals surface area contributed by atoms with Crippen LogP contribution in [-0.2, 0) is 12.8 Å². The van der Waals surface area contributed by atoms with E-state index in [0.717, 1.165) is 12.8 Å². The molecule has 0 spiro atoms. The van der Waals surface area contributed by atoms with Crippen molar-refractivity contribution in [2.24, 2.45) is 0 Å². The van der Waals surface area contributed by atoms with E-state index in [-0.39, 0.29) is 0 Å². The predicted molar refractivity (Wildman–Crippen MR) is 81.0 cm³/mol. The van der Waals surface area contributed by atoms with Crippen molar-refractivity contribution in [1.29, 1.82) is 0 Å². The first kappa shape index (κ1) is 12.6. The van der Waals surface area contributed by atoms with Gasteiger partial charge in [0, 0.05) is 0 Å². The number of hydrogen-bond donors (Lipinski definition) is 0. The summed E-state index contributed by atoms with van der Waals surface area (Å²) in [5.74, 6) is 0. The topological polar surface area (TPSA) is 0 Å². The molecule has 92 valence electrons. The van der Waals surface area contributed by atoms with Gasteiger partial charge < -0.3 is 0 Å². The van der Waals surface area contributed by atoms with Crippen molar-refractivity contribution in [3.05, 3.63) is 71.8 Å². The molecular formula is C18H20. The molecule has 0 saturated carbocycles. The summed E-state index contributed by atoms with van der Waals surface area (Å²) in [6.45, 7) is 12.3. The van der Waals surface area contributed by atoms with Gasteiger partial charge in [-0.2, -0.15) is 0 Å². The maximum Gasteiger partial charge on any atom is -0.00636 e. The second-order valence-corrected chi connectivity index (χ2v) is 5.19. The fourth-order valence-corrected chi connectivity index (χ4v) is 2.38. The zero-order valence-electron chi connectivity index (χ0n) is 11.3. The third kappa shape index (κ3) is 2.70. The van der Waals surface area contributed by atoms with Crippen LogP contribution in [0.4, 0.5) is 0 Å². The van der Waals surface area contributed by atoms with Crippen LogP contribution >= 0.6 is 0 Å². The molecule has 0 radical (unpaired) electrons. The Morgan fingerprint density at radius 2 is 1.56 bits per heavy atom. The lowest BCUT2D eigenvalue weighted by Gasteiger charge is -2.13. The minimum absolute atomic E-state index is 0.948. The highest BCUT2D eigenvalue weighted by Crippen LogP contribution is 2.26. The van der Waals surface area contributed by atoms with E-state index in [1.807, 2.05) is 0 Å². The van der Waals surface area contributed by atoms with E-state index in [9.17, 15) is 0 Å². The van der Waals surface area contributed by atoms with Gasteiger partial charge in [-0.25, -0.2) is 0 Å². The Hall–Kier alpha value is -1.82. The monoisotopic (exact) mass is 236 g/mol. The van der Waals surface area contributed by atoms with E-state index >= 15 is 0 Å². The lowest BCUT2D eigenvalue weighted by Crippen LogP contribution is -1.97. The largest absolute Gasteiger partial charge is 0.0998 e. The molecule has 2 aromatic carbocycles. The summed E-state index contributed by atoms with van der Waals surface area (Å²) < 4.78 is 0. The van der Waals surface area contributed by atoms with Crippen molar-refractivity contribution < 1.29 is 0 Å². The van der Waals surface area contributed by atoms with Gasteiger partial charge >= 0.3 is 0 Å². The summed E-state index contributed by atoms with van der Waals surface area (Å²) in [6, 6.07) is 13.0. The Bertz CT molecular complexity index is 602. The molecule has 18 heavy (non-hydrogen) atoms. The van der Waals surface area contributed by atoms with E-state index < -0.39 is 0 Å². The molecule has 0 heteroatoms. The molecule has 0 saturated heterocycles. The van der Waals surface area contributed by atoms with Crippen LogP contribution < -0.4 is 0 Å². The number of benzene rings is 2. The average molecular weight is 236 g/mol. The molecular weight excluding hydrogens is 216 g/mol. The van der Waals surface area contributed by atoms with Crippen molar-refractivity contribution in [2.75, 3.05) is 0 Å². The van der Waals surface area contributed by atoms with Gasteiger partial charge in [0.15, 0.2) is 0 Å². The molecule has 0 bridgehead atoms. The smallest absolute Gasteiger partial charge is 0.00636 e. The highest BCUT2D eigenvalue weighted by Gasteiger charge is 2.07. The quantitative estimate of drug-likeness (QED) is 0.650. The first-order valence-corrected chi connectivity index (χ1v) is 6.36. The third-order valence-electron chi connectivity index (χ3n) is 3.11. The summed E-state index contributed by atoms with van der Waals surface area (Å²) in [5.41, 5.74) is 5.19. The highest BCUT2D eigenvalue weighted by molar-refractivity contribution is 5.87. The van der Waals surface area contributed by atoms with Gasteiger partial charge in [-0.15, -0.1) is 0 Å². The maximum absolute atomic E-state index is 4.06. The Kier molecular flexibility index (Phi) is 3.66. The summed E-state index contributed by atoms with van der Waals surface area (Å²) in [4.78, 5) is 0. The van der Waals surface area contributed by atoms with Crippen molar-refractivity contribution in [1.82, 2.24) is 0 Å². The Labute approximate surface area is 110 Å². The first-order chi connectivity index (χ1) is 8.58. The predicted octanol–water partition coefficient (Wildman–Crippen LogP) is 5.08. The first-order valence-electron chi connectivity index (χ1n) is 6.36. The maximum atomic E-state index is 4.06. The molecule has 0 atom stereocenters. The van der Waals surface area contributed by atoms with E-state index in [2.05, 4.69) is 63.4 Å². The summed E-state index contributed by atoms with van der Waals surface area (Å²) in [6.07, 6.45) is 1.90. The van der Waals surface area contributed by atoms with Crippen LogP contribution in [0.2, 0.25) is 0 Å². The van der Waals surface area contributed by atoms with Crippen molar-refractivity contribution in [3.63, 3.8) is 0 Å². The third-order valence-corrected chi connectivity index (χ3v) is 3.11. The zero-order chi connectivity index (χ0) is 13.1. The SMILES string of the molecule is C=C(C)Cc1ccc2ccccc2c1CC(=C)C. The van der Waals surface area contributed by atoms with Crippen LogP contribution in [0.25, 0.3) is 10.8 Å². The molecule has 0 aromatic heterocycles. The van der Waals surface area contributed by atoms with Crippen LogP contribution in [0.3, 0.4) is 0 Å². The second kappa shape index (κ2) is 5.22. The van der Waals surface area contributed by atoms with Gasteiger partial charge in [-0.05, 0) is 48.6 Å². The molecule has 0 aliphatic heterocycles. The van der Waals surface area contributed by atoms with Gasteiger partial charge in [-0.1, -0.05) is 60.7 Å². The molecule has 0 amide bonds. The lowest BCUT2D eigenvalue weighted by molar-refractivity contribution is 1.07. The Morgan fingerprint density at radius 1 is 0.889 bits per heavy atom. The highest BCUT2D eigenvalue weighted by atomic mass is 14.1. The van der Waals surface area contributed by atoms with Gasteiger partial charge in [0.25, 0.3) is 0 Å². The zero-order valence-corrected chi connectivity index (χ0v) is 11.3. The van der Waals surface area contributed by atoms with Crippen molar-refractivity contribution in [3.8, 4) is 0 Å². The van der Waals surface area contributed by atoms with Crippen molar-refractivity contribution >= 4 is 10.8 Å². The van der Waals surface area contributed by atoms with Crippen LogP contribution in [0.1, 0.15) is 25.0 Å². The van der Waals surface area contributed by atoms with Crippen LogP contribution in [-0.4, -0.2) is 0 Å². The van der Waals surface area contributed by atoms with Gasteiger partial charge in [0.1, 0.15) is 0 Å². The molecule has 0 unspecified atom stereocenters. The second-order valence-electron chi connectivity index (χ2n) is 5.19. The number of rotatable bonds is 4. The van der Waals surface area contributed by atoms with Gasteiger partial charge in [0.05, 0.1) is 0 Å². The molecule has 0 aliphatic carbocycles. The summed E-state index contributed by atoms with van der Waals surface area (Å²) in [7, 11) is 0. The standard InChI is InChI=1S/C18H20/c1-13(2)11-16-10-9-15-7-5-6-8-17(15)18(16)12-14(3)4/h5-10H,1,3,11-12H2,2,4H3. The summed E-state index contributed by atoms with van der Waals surface area (Å²) >= 11 is 0. The molecule has 0 aliphatic rings. The minimum atomic E-state index is 0.948. The van der Waals surface area contributed by atoms with Crippen LogP contribution in [0.15, 0.2) is 60.7 Å². The molecule has 2 rings (SSSR count). The number of allylic oxidation sites excluding steroid dienone is 2. The van der Waals surface area contributed by atoms with Crippen LogP contribution in [0, 0.1) is 0 Å². The molecule has 0 nitrogen and oxygen atoms in total. The van der Waals surface area contributed by atoms with E-state index in [1.54, 1.807) is 0 Å². The van der Waals surface area contributed by atoms with E-state index in [4.69, 9.17) is 0 Å². The Morgan fingerprint density at radius 3 is 2.22 bits per heavy atom. The van der Waals surface area contributed by atoms with Gasteiger partial charge in [0.2, 0.25) is 0 Å². The Balaban J connectivity index is 2.62. The average Bonchev–Trinajstić information content (AvgIpc) is 2.31. The van der Waals surface area contributed by atoms with E-state index in [1.165, 1.54) is 33.0 Å². The molecule has 0 N–H and O–H groups in total. The number of hydrogen-bond acceptors (Lipinski definition) is 0. The van der Waals surface area contributed by atoms with Crippen molar-refractivity contribution in [2.45, 2.75) is 26.7 Å². The molecule has 2 aromatic rings. The lowest BCUT2D eigenvalue weighted by atomic mass is 9.91. The minimum Gasteiger partial charge on any atom is -0.0998 e. The number of fused-ring (bicyclic) bond motifs is 1. The fourth-order valence-electron chi connectivity index (χ4n) is 2.38. The fraction of sp³-hybridized carbons (Fsp3) is 0.222. The van der Waals surface area contributed by atoms with Crippen LogP contribution in [0.5, 0.6) is 0 Å². The van der Waals surface area contributed by atoms with Gasteiger partial charge in [-0.3, -0.25) is 0 Å². The summed E-state index contributed by atoms with van der Waals surface area (Å²) in [5, 5.41) is 2.65. The van der Waals surface area contributed by atoms with E-state index in [0.29, 0.717) is 0 Å². The molecule has 0 heterocycles. The molecule has 0 fully saturated rings.